The highest BCUT2D eigenvalue weighted by molar-refractivity contribution is 5.80. The van der Waals surface area contributed by atoms with Gasteiger partial charge in [0.2, 0.25) is 5.75 Å². The Balaban J connectivity index is 2.51. The molecule has 0 spiro atoms. The normalized spacial score (nSPS) is 10.4. The molecule has 0 aliphatic heterocycles. The fourth-order valence-corrected chi connectivity index (χ4v) is 2.16. The number of hydrogen-bond donors (Lipinski definition) is 0. The Hall–Kier alpha value is -3.41. The smallest absolute Gasteiger partial charge is 0.308 e. The van der Waals surface area contributed by atoms with Crippen molar-refractivity contribution in [3.05, 3.63) is 53.6 Å². The van der Waals surface area contributed by atoms with E-state index in [1.165, 1.54) is 32.9 Å². The highest BCUT2D eigenvalue weighted by Gasteiger charge is 2.19. The van der Waals surface area contributed by atoms with Crippen molar-refractivity contribution in [2.75, 3.05) is 0 Å². The van der Waals surface area contributed by atoms with E-state index in [1.807, 2.05) is 36.4 Å². The summed E-state index contributed by atoms with van der Waals surface area (Å²) >= 11 is 0. The van der Waals surface area contributed by atoms with Gasteiger partial charge in [0, 0.05) is 20.8 Å². The van der Waals surface area contributed by atoms with Crippen molar-refractivity contribution < 1.29 is 28.6 Å². The molecular formula is C20H18O6. The van der Waals surface area contributed by atoms with Gasteiger partial charge in [0.15, 0.2) is 11.5 Å². The Morgan fingerprint density at radius 3 is 1.62 bits per heavy atom. The third-order valence-electron chi connectivity index (χ3n) is 3.06. The summed E-state index contributed by atoms with van der Waals surface area (Å²) in [6, 6.07) is 12.6. The summed E-state index contributed by atoms with van der Waals surface area (Å²) < 4.78 is 15.3. The van der Waals surface area contributed by atoms with Crippen LogP contribution in [0, 0.1) is 0 Å². The standard InChI is InChI=1S/C20H18O6/c1-13(21)24-18-11-17(10-9-16-7-5-4-6-8-16)12-19(25-14(2)22)20(18)26-15(3)23/h4-12H,1-3H3/b10-9+. The molecule has 0 unspecified atom stereocenters. The maximum Gasteiger partial charge on any atom is 0.308 e. The van der Waals surface area contributed by atoms with E-state index in [2.05, 4.69) is 0 Å². The Morgan fingerprint density at radius 1 is 0.692 bits per heavy atom. The van der Waals surface area contributed by atoms with Gasteiger partial charge in [-0.05, 0) is 23.3 Å². The predicted molar refractivity (Wildman–Crippen MR) is 95.7 cm³/mol. The van der Waals surface area contributed by atoms with Crippen LogP contribution >= 0.6 is 0 Å². The maximum atomic E-state index is 11.4. The van der Waals surface area contributed by atoms with Crippen LogP contribution in [0.25, 0.3) is 12.2 Å². The number of carbonyl (C=O) groups excluding carboxylic acids is 3. The zero-order valence-corrected chi connectivity index (χ0v) is 14.6. The van der Waals surface area contributed by atoms with Crippen molar-refractivity contribution in [1.82, 2.24) is 0 Å². The molecule has 0 aromatic heterocycles. The van der Waals surface area contributed by atoms with Gasteiger partial charge >= 0.3 is 17.9 Å². The summed E-state index contributed by atoms with van der Waals surface area (Å²) in [4.78, 5) is 34.1. The lowest BCUT2D eigenvalue weighted by Crippen LogP contribution is -2.10. The van der Waals surface area contributed by atoms with Gasteiger partial charge in [-0.2, -0.15) is 0 Å². The Labute approximate surface area is 151 Å². The Bertz CT molecular complexity index is 815. The van der Waals surface area contributed by atoms with Gasteiger partial charge < -0.3 is 14.2 Å². The highest BCUT2D eigenvalue weighted by Crippen LogP contribution is 2.40. The summed E-state index contributed by atoms with van der Waals surface area (Å²) in [6.45, 7) is 3.63. The number of carbonyl (C=O) groups is 3. The largest absolute Gasteiger partial charge is 0.423 e. The molecule has 0 amide bonds. The zero-order valence-electron chi connectivity index (χ0n) is 14.6. The van der Waals surface area contributed by atoms with Crippen LogP contribution in [0.1, 0.15) is 31.9 Å². The average Bonchev–Trinajstić information content (AvgIpc) is 2.55. The quantitative estimate of drug-likeness (QED) is 0.463. The first-order valence-corrected chi connectivity index (χ1v) is 7.81. The molecule has 6 heteroatoms. The molecule has 0 N–H and O–H groups in total. The Kier molecular flexibility index (Phi) is 6.27. The van der Waals surface area contributed by atoms with Crippen molar-refractivity contribution in [2.45, 2.75) is 20.8 Å². The van der Waals surface area contributed by atoms with Gasteiger partial charge in [-0.15, -0.1) is 0 Å². The second kappa shape index (κ2) is 8.62. The third-order valence-corrected chi connectivity index (χ3v) is 3.06. The number of rotatable bonds is 5. The van der Waals surface area contributed by atoms with Crippen LogP contribution in [-0.2, 0) is 14.4 Å². The molecule has 0 atom stereocenters. The molecule has 2 rings (SSSR count). The monoisotopic (exact) mass is 354 g/mol. The lowest BCUT2D eigenvalue weighted by molar-refractivity contribution is -0.135. The number of hydrogen-bond acceptors (Lipinski definition) is 6. The minimum absolute atomic E-state index is 0.0147. The van der Waals surface area contributed by atoms with Gasteiger partial charge in [0.1, 0.15) is 0 Å². The van der Waals surface area contributed by atoms with E-state index in [9.17, 15) is 14.4 Å². The van der Waals surface area contributed by atoms with Crippen molar-refractivity contribution in [3.63, 3.8) is 0 Å². The summed E-state index contributed by atoms with van der Waals surface area (Å²) in [7, 11) is 0. The molecule has 6 nitrogen and oxygen atoms in total. The van der Waals surface area contributed by atoms with Crippen LogP contribution in [0.3, 0.4) is 0 Å². The molecule has 0 bridgehead atoms. The van der Waals surface area contributed by atoms with Crippen molar-refractivity contribution in [2.24, 2.45) is 0 Å². The van der Waals surface area contributed by atoms with E-state index in [0.717, 1.165) is 5.56 Å². The van der Waals surface area contributed by atoms with E-state index in [0.29, 0.717) is 5.56 Å². The summed E-state index contributed by atoms with van der Waals surface area (Å²) in [5.74, 6) is -2.00. The maximum absolute atomic E-state index is 11.4. The molecular weight excluding hydrogens is 336 g/mol. The van der Waals surface area contributed by atoms with Gasteiger partial charge in [-0.1, -0.05) is 42.5 Å². The number of benzene rings is 2. The third kappa shape index (κ3) is 5.59. The molecule has 0 aliphatic rings. The molecule has 0 radical (unpaired) electrons. The van der Waals surface area contributed by atoms with E-state index < -0.39 is 17.9 Å². The minimum atomic E-state index is -0.639. The molecule has 0 saturated carbocycles. The molecule has 26 heavy (non-hydrogen) atoms. The summed E-state index contributed by atoms with van der Waals surface area (Å²) in [5, 5.41) is 0. The van der Waals surface area contributed by atoms with E-state index >= 15 is 0 Å². The number of esters is 3. The van der Waals surface area contributed by atoms with Crippen molar-refractivity contribution in [1.29, 1.82) is 0 Å². The van der Waals surface area contributed by atoms with Crippen LogP contribution < -0.4 is 14.2 Å². The molecule has 2 aromatic rings. The van der Waals surface area contributed by atoms with Crippen molar-refractivity contribution >= 4 is 30.1 Å². The SMILES string of the molecule is CC(=O)Oc1cc(/C=C/c2ccccc2)cc(OC(C)=O)c1OC(C)=O. The lowest BCUT2D eigenvalue weighted by atomic mass is 10.1. The van der Waals surface area contributed by atoms with Crippen molar-refractivity contribution in [3.8, 4) is 17.2 Å². The van der Waals surface area contributed by atoms with Crippen LogP contribution in [0.4, 0.5) is 0 Å². The van der Waals surface area contributed by atoms with Gasteiger partial charge in [-0.25, -0.2) is 0 Å². The van der Waals surface area contributed by atoms with Gasteiger partial charge in [0.25, 0.3) is 0 Å². The lowest BCUT2D eigenvalue weighted by Gasteiger charge is -2.14. The fourth-order valence-electron chi connectivity index (χ4n) is 2.16. The summed E-state index contributed by atoms with van der Waals surface area (Å²) in [5.41, 5.74) is 1.55. The minimum Gasteiger partial charge on any atom is -0.423 e. The van der Waals surface area contributed by atoms with E-state index in [-0.39, 0.29) is 17.2 Å². The van der Waals surface area contributed by atoms with E-state index in [1.54, 1.807) is 6.08 Å². The van der Waals surface area contributed by atoms with E-state index in [4.69, 9.17) is 14.2 Å². The molecule has 0 heterocycles. The van der Waals surface area contributed by atoms with Gasteiger partial charge in [0.05, 0.1) is 0 Å². The van der Waals surface area contributed by atoms with Gasteiger partial charge in [-0.3, -0.25) is 14.4 Å². The molecule has 0 aliphatic carbocycles. The first-order chi connectivity index (χ1) is 12.3. The second-order valence-electron chi connectivity index (χ2n) is 5.37. The molecule has 0 saturated heterocycles. The molecule has 2 aromatic carbocycles. The highest BCUT2D eigenvalue weighted by atomic mass is 16.6. The Morgan fingerprint density at radius 2 is 1.15 bits per heavy atom. The first kappa shape index (κ1) is 18.9. The molecule has 0 fully saturated rings. The van der Waals surface area contributed by atoms with Crippen LogP contribution in [-0.4, -0.2) is 17.9 Å². The van der Waals surface area contributed by atoms with Crippen LogP contribution in [0.15, 0.2) is 42.5 Å². The second-order valence-corrected chi connectivity index (χ2v) is 5.37. The topological polar surface area (TPSA) is 78.9 Å². The first-order valence-electron chi connectivity index (χ1n) is 7.81. The fraction of sp³-hybridized carbons (Fsp3) is 0.150. The average molecular weight is 354 g/mol. The number of ether oxygens (including phenoxy) is 3. The summed E-state index contributed by atoms with van der Waals surface area (Å²) in [6.07, 6.45) is 3.60. The zero-order chi connectivity index (χ0) is 19.1. The molecule has 134 valence electrons. The predicted octanol–water partition coefficient (Wildman–Crippen LogP) is 3.63. The van der Waals surface area contributed by atoms with Crippen LogP contribution in [0.5, 0.6) is 17.2 Å². The van der Waals surface area contributed by atoms with Crippen LogP contribution in [0.2, 0.25) is 0 Å².